The molecule has 1 aliphatic heterocycles. The first kappa shape index (κ1) is 34.6. The Morgan fingerprint density at radius 2 is 1.53 bits per heavy atom. The number of hydrogen-bond acceptors (Lipinski definition) is 8. The number of carboxylic acid groups (broad SMARTS) is 1. The van der Waals surface area contributed by atoms with Crippen LogP contribution in [0.15, 0.2) is 53.5 Å². The smallest absolute Gasteiger partial charge is 0.326 e. The molecule has 0 bridgehead atoms. The molecule has 2 aromatic rings. The third-order valence-corrected chi connectivity index (χ3v) is 7.60. The number of benzene rings is 2. The van der Waals surface area contributed by atoms with Gasteiger partial charge >= 0.3 is 5.97 Å². The molecule has 0 aromatic heterocycles. The van der Waals surface area contributed by atoms with Crippen molar-refractivity contribution in [3.63, 3.8) is 0 Å². The average molecular weight is 627 g/mol. The fraction of sp³-hybridized carbons (Fsp3) is 0.452. The molecule has 0 unspecified atom stereocenters. The van der Waals surface area contributed by atoms with Gasteiger partial charge in [0, 0.05) is 19.5 Å². The number of nitrogens with one attached hydrogen (secondary N) is 2. The minimum atomic E-state index is -1.50. The Kier molecular flexibility index (Phi) is 12.5. The number of rotatable bonds is 15. The first-order valence-corrected chi connectivity index (χ1v) is 14.8. The number of likely N-dealkylation sites (tertiary alicyclic amines) is 1. The number of aliphatic imine (C=N–C) groups is 1. The third-order valence-electron chi connectivity index (χ3n) is 7.60. The van der Waals surface area contributed by atoms with Crippen molar-refractivity contribution < 1.29 is 39.6 Å². The van der Waals surface area contributed by atoms with Crippen molar-refractivity contribution in [1.29, 1.82) is 0 Å². The molecule has 1 saturated heterocycles. The van der Waals surface area contributed by atoms with E-state index in [0.29, 0.717) is 24.8 Å². The van der Waals surface area contributed by atoms with E-state index in [4.69, 9.17) is 11.5 Å². The Balaban J connectivity index is 1.75. The number of aliphatic carboxylic acids is 1. The molecule has 45 heavy (non-hydrogen) atoms. The minimum Gasteiger partial charge on any atom is -0.508 e. The standard InChI is InChI=1S/C31H42N6O8/c1-18-15-25(27(41)36-24(30(44)45)3-2-14-34-31(32)33)37(17-18)29(43)23(13-8-19-4-9-21(38)10-5-19)35-28(42)26(40)16-20-6-11-22(39)12-7-20/h4-7,9-12,18,23-26,38-40H,2-3,8,13-17H2,1H3,(H,35,42)(H,36,41)(H,44,45)(H4,32,33,34)/t18-,23+,24-,25-,26+/m0/s1. The molecule has 1 fully saturated rings. The number of aliphatic hydroxyl groups is 1. The number of guanidine groups is 1. The molecule has 3 rings (SSSR count). The zero-order valence-corrected chi connectivity index (χ0v) is 25.1. The second kappa shape index (κ2) is 16.3. The summed E-state index contributed by atoms with van der Waals surface area (Å²) in [6, 6.07) is 9.08. The van der Waals surface area contributed by atoms with Gasteiger partial charge in [-0.15, -0.1) is 0 Å². The monoisotopic (exact) mass is 626 g/mol. The van der Waals surface area contributed by atoms with E-state index in [1.807, 2.05) is 6.92 Å². The van der Waals surface area contributed by atoms with Crippen molar-refractivity contribution in [3.8, 4) is 11.5 Å². The summed E-state index contributed by atoms with van der Waals surface area (Å²) < 4.78 is 0. The van der Waals surface area contributed by atoms with Gasteiger partial charge in [-0.1, -0.05) is 31.2 Å². The Morgan fingerprint density at radius 1 is 0.933 bits per heavy atom. The number of carbonyl (C=O) groups excluding carboxylic acids is 3. The van der Waals surface area contributed by atoms with E-state index in [-0.39, 0.29) is 55.7 Å². The van der Waals surface area contributed by atoms with Gasteiger partial charge in [0.2, 0.25) is 17.7 Å². The fourth-order valence-electron chi connectivity index (χ4n) is 5.21. The molecule has 0 saturated carbocycles. The lowest BCUT2D eigenvalue weighted by Gasteiger charge is -2.30. The van der Waals surface area contributed by atoms with Crippen LogP contribution in [0.4, 0.5) is 0 Å². The molecule has 5 atom stereocenters. The summed E-state index contributed by atoms with van der Waals surface area (Å²) in [4.78, 5) is 57.4. The number of aryl methyl sites for hydroxylation is 1. The van der Waals surface area contributed by atoms with Crippen LogP contribution in [0.5, 0.6) is 11.5 Å². The summed E-state index contributed by atoms with van der Waals surface area (Å²) in [7, 11) is 0. The van der Waals surface area contributed by atoms with Crippen LogP contribution in [0.25, 0.3) is 0 Å². The van der Waals surface area contributed by atoms with E-state index < -0.39 is 47.9 Å². The lowest BCUT2D eigenvalue weighted by Crippen LogP contribution is -2.56. The lowest BCUT2D eigenvalue weighted by atomic mass is 10.0. The van der Waals surface area contributed by atoms with Gasteiger partial charge in [-0.25, -0.2) is 4.79 Å². The fourth-order valence-corrected chi connectivity index (χ4v) is 5.21. The van der Waals surface area contributed by atoms with Gasteiger partial charge in [-0.2, -0.15) is 0 Å². The van der Waals surface area contributed by atoms with Crippen LogP contribution in [0, 0.1) is 5.92 Å². The van der Waals surface area contributed by atoms with Crippen molar-refractivity contribution in [3.05, 3.63) is 59.7 Å². The number of phenols is 2. The SMILES string of the molecule is C[C@H]1C[C@@H](C(=O)N[C@@H](CCCN=C(N)N)C(=O)O)N(C(=O)[C@@H](CCc2ccc(O)cc2)NC(=O)[C@H](O)Cc2ccc(O)cc2)C1. The molecule has 0 radical (unpaired) electrons. The Labute approximate surface area is 261 Å². The molecule has 14 nitrogen and oxygen atoms in total. The van der Waals surface area contributed by atoms with Crippen molar-refractivity contribution in [2.45, 2.75) is 69.7 Å². The maximum absolute atomic E-state index is 14.0. The highest BCUT2D eigenvalue weighted by Crippen LogP contribution is 2.25. The number of aromatic hydroxyl groups is 2. The number of nitrogens with zero attached hydrogens (tertiary/aromatic N) is 2. The molecule has 0 spiro atoms. The Hall–Kier alpha value is -4.85. The highest BCUT2D eigenvalue weighted by atomic mass is 16.4. The molecule has 1 aliphatic rings. The van der Waals surface area contributed by atoms with Gasteiger partial charge < -0.3 is 47.4 Å². The highest BCUT2D eigenvalue weighted by Gasteiger charge is 2.41. The highest BCUT2D eigenvalue weighted by molar-refractivity contribution is 5.94. The second-order valence-corrected chi connectivity index (χ2v) is 11.3. The zero-order chi connectivity index (χ0) is 33.1. The number of carbonyl (C=O) groups is 4. The first-order chi connectivity index (χ1) is 21.3. The maximum atomic E-state index is 14.0. The number of nitrogens with two attached hydrogens (primary N) is 2. The van der Waals surface area contributed by atoms with Gasteiger partial charge in [-0.05, 0) is 73.4 Å². The summed E-state index contributed by atoms with van der Waals surface area (Å²) >= 11 is 0. The van der Waals surface area contributed by atoms with Crippen LogP contribution in [0.3, 0.4) is 0 Å². The van der Waals surface area contributed by atoms with Crippen LogP contribution in [0.2, 0.25) is 0 Å². The summed E-state index contributed by atoms with van der Waals surface area (Å²) in [6.07, 6.45) is -0.429. The molecule has 0 aliphatic carbocycles. The van der Waals surface area contributed by atoms with Crippen LogP contribution >= 0.6 is 0 Å². The number of aliphatic hydroxyl groups excluding tert-OH is 1. The quantitative estimate of drug-likeness (QED) is 0.0746. The largest absolute Gasteiger partial charge is 0.508 e. The molecule has 1 heterocycles. The molecule has 3 amide bonds. The molecule has 14 heteroatoms. The van der Waals surface area contributed by atoms with Crippen molar-refractivity contribution in [2.24, 2.45) is 22.4 Å². The molecule has 10 N–H and O–H groups in total. The molecular weight excluding hydrogens is 584 g/mol. The summed E-state index contributed by atoms with van der Waals surface area (Å²) in [5.41, 5.74) is 12.0. The summed E-state index contributed by atoms with van der Waals surface area (Å²) in [5.74, 6) is -3.28. The molecule has 244 valence electrons. The third kappa shape index (κ3) is 10.7. The Morgan fingerprint density at radius 3 is 2.11 bits per heavy atom. The summed E-state index contributed by atoms with van der Waals surface area (Å²) in [5, 5.41) is 44.6. The van der Waals surface area contributed by atoms with Crippen LogP contribution < -0.4 is 22.1 Å². The normalized spacial score (nSPS) is 18.0. The first-order valence-electron chi connectivity index (χ1n) is 14.8. The van der Waals surface area contributed by atoms with E-state index >= 15 is 0 Å². The molecular formula is C31H42N6O8. The van der Waals surface area contributed by atoms with E-state index in [9.17, 15) is 39.6 Å². The number of phenolic OH excluding ortho intramolecular Hbond substituents is 2. The maximum Gasteiger partial charge on any atom is 0.326 e. The van der Waals surface area contributed by atoms with Crippen LogP contribution in [-0.4, -0.2) is 92.3 Å². The van der Waals surface area contributed by atoms with Gasteiger partial charge in [0.25, 0.3) is 0 Å². The van der Waals surface area contributed by atoms with Gasteiger partial charge in [-0.3, -0.25) is 19.4 Å². The predicted molar refractivity (Wildman–Crippen MR) is 165 cm³/mol. The van der Waals surface area contributed by atoms with E-state index in [1.165, 1.54) is 29.2 Å². The van der Waals surface area contributed by atoms with E-state index in [0.717, 1.165) is 5.56 Å². The van der Waals surface area contributed by atoms with Crippen molar-refractivity contribution >= 4 is 29.7 Å². The minimum absolute atomic E-state index is 0.0386. The summed E-state index contributed by atoms with van der Waals surface area (Å²) in [6.45, 7) is 2.26. The van der Waals surface area contributed by atoms with Gasteiger partial charge in [0.1, 0.15) is 35.7 Å². The second-order valence-electron chi connectivity index (χ2n) is 11.3. The predicted octanol–water partition coefficient (Wildman–Crippen LogP) is -0.0212. The molecule has 2 aromatic carbocycles. The van der Waals surface area contributed by atoms with E-state index in [2.05, 4.69) is 15.6 Å². The number of amides is 3. The van der Waals surface area contributed by atoms with Crippen molar-refractivity contribution in [2.75, 3.05) is 13.1 Å². The van der Waals surface area contributed by atoms with Crippen LogP contribution in [0.1, 0.15) is 43.7 Å². The van der Waals surface area contributed by atoms with E-state index in [1.54, 1.807) is 24.3 Å². The van der Waals surface area contributed by atoms with Gasteiger partial charge in [0.05, 0.1) is 0 Å². The van der Waals surface area contributed by atoms with Crippen molar-refractivity contribution in [1.82, 2.24) is 15.5 Å². The average Bonchev–Trinajstić information content (AvgIpc) is 3.39. The lowest BCUT2D eigenvalue weighted by molar-refractivity contribution is -0.145. The number of hydrogen-bond donors (Lipinski definition) is 8. The van der Waals surface area contributed by atoms with Gasteiger partial charge in [0.15, 0.2) is 5.96 Å². The Bertz CT molecular complexity index is 1350. The van der Waals surface area contributed by atoms with Crippen LogP contribution in [-0.2, 0) is 32.0 Å². The zero-order valence-electron chi connectivity index (χ0n) is 25.1. The number of carboxylic acids is 1. The topological polar surface area (TPSA) is 241 Å².